The molecule has 29 heavy (non-hydrogen) atoms. The number of nitrogens with zero attached hydrogens (tertiary/aromatic N) is 4. The summed E-state index contributed by atoms with van der Waals surface area (Å²) in [6.07, 6.45) is 10.4. The van der Waals surface area contributed by atoms with Crippen LogP contribution in [0.2, 0.25) is 0 Å². The maximum atomic E-state index is 12.3. The number of aryl methyl sites for hydroxylation is 2. The molecule has 1 saturated heterocycles. The van der Waals surface area contributed by atoms with Crippen LogP contribution in [0.25, 0.3) is 16.5 Å². The highest BCUT2D eigenvalue weighted by molar-refractivity contribution is 7.15. The summed E-state index contributed by atoms with van der Waals surface area (Å²) in [5.41, 5.74) is 3.35. The van der Waals surface area contributed by atoms with Crippen LogP contribution in [0.5, 0.6) is 0 Å². The first kappa shape index (κ1) is 18.1. The number of carbonyl (C=O) groups excluding carboxylic acids is 1. The molecule has 0 aromatic carbocycles. The molecule has 0 spiro atoms. The smallest absolute Gasteiger partial charge is 0.246 e. The van der Waals surface area contributed by atoms with Crippen molar-refractivity contribution >= 4 is 44.7 Å². The van der Waals surface area contributed by atoms with Gasteiger partial charge in [0.15, 0.2) is 5.13 Å². The van der Waals surface area contributed by atoms with Gasteiger partial charge in [-0.15, -0.1) is 11.3 Å². The standard InChI is InChI=1S/C22H23N5OS/c1-4-20(28)27-15-5-6-16(27)10-14(9-15)21-17-7-8-26(3)18(17)11-19(24-21)25-22-23-12-13(2)29-22/h4,7-9,11-12,15-16H,1,5-6,10H2,2-3H3,(H,23,24,25). The summed E-state index contributed by atoms with van der Waals surface area (Å²) in [6.45, 7) is 5.71. The number of hydrogen-bond donors (Lipinski definition) is 1. The lowest BCUT2D eigenvalue weighted by molar-refractivity contribution is -0.128. The molecule has 3 aromatic heterocycles. The molecule has 2 aliphatic heterocycles. The molecule has 5 heterocycles. The minimum atomic E-state index is 0.0279. The molecule has 2 bridgehead atoms. The van der Waals surface area contributed by atoms with E-state index in [1.54, 1.807) is 11.3 Å². The van der Waals surface area contributed by atoms with Crippen LogP contribution in [-0.4, -0.2) is 37.4 Å². The quantitative estimate of drug-likeness (QED) is 0.653. The van der Waals surface area contributed by atoms with Crippen LogP contribution in [0.4, 0.5) is 10.9 Å². The van der Waals surface area contributed by atoms with Crippen LogP contribution in [0, 0.1) is 6.92 Å². The van der Waals surface area contributed by atoms with E-state index < -0.39 is 0 Å². The summed E-state index contributed by atoms with van der Waals surface area (Å²) in [5, 5.41) is 5.35. The molecule has 2 atom stereocenters. The van der Waals surface area contributed by atoms with Gasteiger partial charge in [-0.05, 0) is 43.9 Å². The molecule has 7 heteroatoms. The average molecular weight is 406 g/mol. The fraction of sp³-hybridized carbons (Fsp3) is 0.318. The van der Waals surface area contributed by atoms with Crippen molar-refractivity contribution in [1.82, 2.24) is 19.4 Å². The van der Waals surface area contributed by atoms with Gasteiger partial charge >= 0.3 is 0 Å². The van der Waals surface area contributed by atoms with Crippen molar-refractivity contribution in [2.45, 2.75) is 38.3 Å². The first-order valence-corrected chi connectivity index (χ1v) is 10.7. The van der Waals surface area contributed by atoms with Gasteiger partial charge < -0.3 is 14.8 Å². The maximum Gasteiger partial charge on any atom is 0.246 e. The Kier molecular flexibility index (Phi) is 4.28. The number of hydrogen-bond acceptors (Lipinski definition) is 5. The van der Waals surface area contributed by atoms with Crippen LogP contribution < -0.4 is 5.32 Å². The number of fused-ring (bicyclic) bond motifs is 3. The molecule has 0 aliphatic carbocycles. The molecular formula is C22H23N5OS. The summed E-state index contributed by atoms with van der Waals surface area (Å²) in [5.74, 6) is 0.821. The zero-order valence-electron chi connectivity index (χ0n) is 16.6. The third-order valence-corrected chi connectivity index (χ3v) is 6.69. The van der Waals surface area contributed by atoms with Crippen LogP contribution in [0.1, 0.15) is 29.8 Å². The van der Waals surface area contributed by atoms with Gasteiger partial charge in [-0.2, -0.15) is 0 Å². The van der Waals surface area contributed by atoms with E-state index in [-0.39, 0.29) is 18.0 Å². The fourth-order valence-corrected chi connectivity index (χ4v) is 5.22. The Bertz CT molecular complexity index is 1160. The van der Waals surface area contributed by atoms with Crippen LogP contribution in [0.15, 0.2) is 43.3 Å². The summed E-state index contributed by atoms with van der Waals surface area (Å²) >= 11 is 1.62. The van der Waals surface area contributed by atoms with Gasteiger partial charge in [0.05, 0.1) is 17.3 Å². The molecule has 1 amide bonds. The van der Waals surface area contributed by atoms with E-state index in [2.05, 4.69) is 45.9 Å². The predicted octanol–water partition coefficient (Wildman–Crippen LogP) is 4.41. The van der Waals surface area contributed by atoms with Crippen molar-refractivity contribution in [3.63, 3.8) is 0 Å². The molecule has 148 valence electrons. The van der Waals surface area contributed by atoms with E-state index >= 15 is 0 Å². The second kappa shape index (κ2) is 6.84. The Morgan fingerprint density at radius 3 is 3.00 bits per heavy atom. The molecule has 2 aliphatic rings. The topological polar surface area (TPSA) is 63.1 Å². The highest BCUT2D eigenvalue weighted by Crippen LogP contribution is 2.40. The minimum absolute atomic E-state index is 0.0279. The van der Waals surface area contributed by atoms with Gasteiger partial charge in [0.25, 0.3) is 0 Å². The third kappa shape index (κ3) is 3.06. The normalized spacial score (nSPS) is 20.8. The van der Waals surface area contributed by atoms with Crippen molar-refractivity contribution < 1.29 is 4.79 Å². The van der Waals surface area contributed by atoms with Crippen molar-refractivity contribution in [2.24, 2.45) is 7.05 Å². The molecular weight excluding hydrogens is 382 g/mol. The molecule has 0 saturated carbocycles. The van der Waals surface area contributed by atoms with Gasteiger partial charge in [-0.25, -0.2) is 9.97 Å². The van der Waals surface area contributed by atoms with E-state index in [0.717, 1.165) is 51.7 Å². The Morgan fingerprint density at radius 2 is 2.28 bits per heavy atom. The van der Waals surface area contributed by atoms with Crippen LogP contribution >= 0.6 is 11.3 Å². The number of rotatable bonds is 4. The Labute approximate surface area is 173 Å². The zero-order valence-corrected chi connectivity index (χ0v) is 17.4. The van der Waals surface area contributed by atoms with Crippen molar-refractivity contribution in [3.8, 4) is 0 Å². The average Bonchev–Trinajstić information content (AvgIpc) is 3.37. The molecule has 5 rings (SSSR count). The van der Waals surface area contributed by atoms with Gasteiger partial charge in [0, 0.05) is 41.8 Å². The van der Waals surface area contributed by atoms with Gasteiger partial charge in [-0.1, -0.05) is 12.7 Å². The number of pyridine rings is 1. The number of nitrogens with one attached hydrogen (secondary N) is 1. The van der Waals surface area contributed by atoms with Crippen molar-refractivity contribution in [3.05, 3.63) is 53.8 Å². The number of amides is 1. The fourth-order valence-electron chi connectivity index (χ4n) is 4.55. The second-order valence-electron chi connectivity index (χ2n) is 7.76. The lowest BCUT2D eigenvalue weighted by Crippen LogP contribution is -2.42. The van der Waals surface area contributed by atoms with Crippen LogP contribution in [-0.2, 0) is 11.8 Å². The van der Waals surface area contributed by atoms with Gasteiger partial charge in [0.1, 0.15) is 5.82 Å². The van der Waals surface area contributed by atoms with E-state index in [1.807, 2.05) is 25.1 Å². The lowest BCUT2D eigenvalue weighted by atomic mass is 9.96. The number of carbonyl (C=O) groups is 1. The molecule has 1 N–H and O–H groups in total. The molecule has 0 radical (unpaired) electrons. The predicted molar refractivity (Wildman–Crippen MR) is 117 cm³/mol. The summed E-state index contributed by atoms with van der Waals surface area (Å²) in [6, 6.07) is 4.55. The molecule has 3 aromatic rings. The van der Waals surface area contributed by atoms with E-state index in [4.69, 9.17) is 4.98 Å². The zero-order chi connectivity index (χ0) is 20.1. The first-order valence-electron chi connectivity index (χ1n) is 9.85. The highest BCUT2D eigenvalue weighted by atomic mass is 32.1. The monoisotopic (exact) mass is 405 g/mol. The molecule has 6 nitrogen and oxygen atoms in total. The number of aromatic nitrogens is 3. The first-order chi connectivity index (χ1) is 14.0. The van der Waals surface area contributed by atoms with E-state index in [0.29, 0.717) is 0 Å². The summed E-state index contributed by atoms with van der Waals surface area (Å²) in [7, 11) is 2.05. The lowest BCUT2D eigenvalue weighted by Gasteiger charge is -2.33. The summed E-state index contributed by atoms with van der Waals surface area (Å²) in [4.78, 5) is 24.8. The van der Waals surface area contributed by atoms with E-state index in [1.165, 1.54) is 11.6 Å². The number of thiazole rings is 1. The Morgan fingerprint density at radius 1 is 1.41 bits per heavy atom. The molecule has 2 unspecified atom stereocenters. The summed E-state index contributed by atoms with van der Waals surface area (Å²) < 4.78 is 2.12. The van der Waals surface area contributed by atoms with Crippen molar-refractivity contribution in [1.29, 1.82) is 0 Å². The third-order valence-electron chi connectivity index (χ3n) is 5.87. The van der Waals surface area contributed by atoms with E-state index in [9.17, 15) is 4.79 Å². The van der Waals surface area contributed by atoms with Crippen molar-refractivity contribution in [2.75, 3.05) is 5.32 Å². The highest BCUT2D eigenvalue weighted by Gasteiger charge is 2.39. The maximum absolute atomic E-state index is 12.3. The molecule has 1 fully saturated rings. The number of anilines is 2. The van der Waals surface area contributed by atoms with Gasteiger partial charge in [0.2, 0.25) is 5.91 Å². The minimum Gasteiger partial charge on any atom is -0.350 e. The Hall–Kier alpha value is -2.93. The second-order valence-corrected chi connectivity index (χ2v) is 9.00. The SMILES string of the molecule is C=CC(=O)N1C2C=C(c3nc(Nc4ncc(C)s4)cc4c3ccn4C)CC1CC2. The largest absolute Gasteiger partial charge is 0.350 e. The van der Waals surface area contributed by atoms with Crippen LogP contribution in [0.3, 0.4) is 0 Å². The Balaban J connectivity index is 1.58. The van der Waals surface area contributed by atoms with Gasteiger partial charge in [-0.3, -0.25) is 4.79 Å².